The first-order chi connectivity index (χ1) is 6.72. The van der Waals surface area contributed by atoms with Gasteiger partial charge in [0.2, 0.25) is 5.91 Å². The quantitative estimate of drug-likeness (QED) is 0.644. The first-order valence-electron chi connectivity index (χ1n) is 5.69. The molecule has 1 atom stereocenters. The smallest absolute Gasteiger partial charge is 0.233 e. The Morgan fingerprint density at radius 1 is 1.50 bits per heavy atom. The van der Waals surface area contributed by atoms with Crippen molar-refractivity contribution >= 4 is 5.91 Å². The fourth-order valence-electron chi connectivity index (χ4n) is 1.21. The zero-order valence-corrected chi connectivity index (χ0v) is 9.31. The first-order valence-corrected chi connectivity index (χ1v) is 5.69. The van der Waals surface area contributed by atoms with Gasteiger partial charge in [-0.3, -0.25) is 4.79 Å². The fourth-order valence-corrected chi connectivity index (χ4v) is 1.21. The van der Waals surface area contributed by atoms with E-state index < -0.39 is 0 Å². The van der Waals surface area contributed by atoms with Crippen molar-refractivity contribution in [2.75, 3.05) is 19.6 Å². The van der Waals surface area contributed by atoms with Crippen molar-refractivity contribution in [1.82, 2.24) is 10.6 Å². The van der Waals surface area contributed by atoms with Gasteiger partial charge in [-0.1, -0.05) is 20.3 Å². The third kappa shape index (κ3) is 5.22. The van der Waals surface area contributed by atoms with Gasteiger partial charge in [0.15, 0.2) is 0 Å². The maximum atomic E-state index is 11.3. The molecule has 0 heterocycles. The molecular formula is C11H22N2O. The standard InChI is InChI=1S/C11H22N2O/c1-3-9(2)6-13-11(14)8-12-7-10-4-5-10/h9-10,12H,3-8H2,1-2H3,(H,13,14). The molecule has 0 radical (unpaired) electrons. The lowest BCUT2D eigenvalue weighted by Crippen LogP contribution is -2.36. The molecule has 14 heavy (non-hydrogen) atoms. The lowest BCUT2D eigenvalue weighted by Gasteiger charge is -2.10. The normalized spacial score (nSPS) is 17.9. The van der Waals surface area contributed by atoms with Gasteiger partial charge in [0.1, 0.15) is 0 Å². The Labute approximate surface area is 86.6 Å². The minimum Gasteiger partial charge on any atom is -0.355 e. The summed E-state index contributed by atoms with van der Waals surface area (Å²) < 4.78 is 0. The van der Waals surface area contributed by atoms with E-state index in [1.54, 1.807) is 0 Å². The molecule has 1 aliphatic rings. The minimum absolute atomic E-state index is 0.131. The van der Waals surface area contributed by atoms with Crippen molar-refractivity contribution in [3.8, 4) is 0 Å². The number of amides is 1. The van der Waals surface area contributed by atoms with Gasteiger partial charge in [0.25, 0.3) is 0 Å². The van der Waals surface area contributed by atoms with Crippen LogP contribution in [0.1, 0.15) is 33.1 Å². The van der Waals surface area contributed by atoms with Gasteiger partial charge in [-0.15, -0.1) is 0 Å². The third-order valence-electron chi connectivity index (χ3n) is 2.76. The van der Waals surface area contributed by atoms with Crippen LogP contribution in [0.2, 0.25) is 0 Å². The van der Waals surface area contributed by atoms with E-state index in [1.165, 1.54) is 12.8 Å². The highest BCUT2D eigenvalue weighted by molar-refractivity contribution is 5.77. The molecule has 3 heteroatoms. The third-order valence-corrected chi connectivity index (χ3v) is 2.76. The van der Waals surface area contributed by atoms with Gasteiger partial charge in [0, 0.05) is 6.54 Å². The number of rotatable bonds is 7. The van der Waals surface area contributed by atoms with Crippen molar-refractivity contribution in [1.29, 1.82) is 0 Å². The van der Waals surface area contributed by atoms with Gasteiger partial charge in [-0.25, -0.2) is 0 Å². The molecule has 2 N–H and O–H groups in total. The zero-order valence-electron chi connectivity index (χ0n) is 9.31. The first kappa shape index (κ1) is 11.5. The van der Waals surface area contributed by atoms with Crippen LogP contribution in [-0.2, 0) is 4.79 Å². The zero-order chi connectivity index (χ0) is 10.4. The van der Waals surface area contributed by atoms with Gasteiger partial charge < -0.3 is 10.6 Å². The van der Waals surface area contributed by atoms with Crippen molar-refractivity contribution in [2.24, 2.45) is 11.8 Å². The number of carbonyl (C=O) groups is 1. The summed E-state index contributed by atoms with van der Waals surface area (Å²) in [5.41, 5.74) is 0. The van der Waals surface area contributed by atoms with Crippen molar-refractivity contribution < 1.29 is 4.79 Å². The maximum Gasteiger partial charge on any atom is 0.233 e. The van der Waals surface area contributed by atoms with Crippen molar-refractivity contribution in [2.45, 2.75) is 33.1 Å². The van der Waals surface area contributed by atoms with E-state index in [0.29, 0.717) is 12.5 Å². The molecule has 0 aromatic heterocycles. The van der Waals surface area contributed by atoms with E-state index in [0.717, 1.165) is 25.4 Å². The molecule has 3 nitrogen and oxygen atoms in total. The molecule has 1 amide bonds. The average molecular weight is 198 g/mol. The van der Waals surface area contributed by atoms with Crippen LogP contribution in [0.3, 0.4) is 0 Å². The Bertz CT molecular complexity index is 178. The number of hydrogen-bond donors (Lipinski definition) is 2. The Kier molecular flexibility index (Phi) is 4.94. The van der Waals surface area contributed by atoms with Crippen LogP contribution in [0.15, 0.2) is 0 Å². The minimum atomic E-state index is 0.131. The maximum absolute atomic E-state index is 11.3. The second-order valence-electron chi connectivity index (χ2n) is 4.39. The average Bonchev–Trinajstić information content (AvgIpc) is 2.98. The van der Waals surface area contributed by atoms with Crippen LogP contribution < -0.4 is 10.6 Å². The molecule has 82 valence electrons. The summed E-state index contributed by atoms with van der Waals surface area (Å²) in [7, 11) is 0. The van der Waals surface area contributed by atoms with Gasteiger partial charge in [0.05, 0.1) is 6.54 Å². The molecule has 1 unspecified atom stereocenters. The molecule has 0 aromatic carbocycles. The molecule has 1 saturated carbocycles. The highest BCUT2D eigenvalue weighted by Crippen LogP contribution is 2.27. The predicted octanol–water partition coefficient (Wildman–Crippen LogP) is 1.15. The van der Waals surface area contributed by atoms with E-state index in [4.69, 9.17) is 0 Å². The van der Waals surface area contributed by atoms with Crippen LogP contribution in [0.5, 0.6) is 0 Å². The Balaban J connectivity index is 1.92. The number of hydrogen-bond acceptors (Lipinski definition) is 2. The summed E-state index contributed by atoms with van der Waals surface area (Å²) in [5, 5.41) is 6.10. The fraction of sp³-hybridized carbons (Fsp3) is 0.909. The van der Waals surface area contributed by atoms with E-state index >= 15 is 0 Å². The summed E-state index contributed by atoms with van der Waals surface area (Å²) in [6.45, 7) is 6.59. The molecule has 1 rings (SSSR count). The topological polar surface area (TPSA) is 41.1 Å². The van der Waals surface area contributed by atoms with E-state index in [2.05, 4.69) is 24.5 Å². The van der Waals surface area contributed by atoms with Crippen molar-refractivity contribution in [3.63, 3.8) is 0 Å². The second-order valence-corrected chi connectivity index (χ2v) is 4.39. The highest BCUT2D eigenvalue weighted by Gasteiger charge is 2.20. The summed E-state index contributed by atoms with van der Waals surface area (Å²) in [6.07, 6.45) is 3.79. The molecule has 0 bridgehead atoms. The highest BCUT2D eigenvalue weighted by atomic mass is 16.1. The van der Waals surface area contributed by atoms with Gasteiger partial charge in [-0.2, -0.15) is 0 Å². The summed E-state index contributed by atoms with van der Waals surface area (Å²) in [5.74, 6) is 1.56. The lowest BCUT2D eigenvalue weighted by molar-refractivity contribution is -0.120. The molecule has 0 saturated heterocycles. The Hall–Kier alpha value is -0.570. The number of nitrogens with one attached hydrogen (secondary N) is 2. The van der Waals surface area contributed by atoms with Crippen LogP contribution in [0.4, 0.5) is 0 Å². The van der Waals surface area contributed by atoms with E-state index in [-0.39, 0.29) is 5.91 Å². The molecular weight excluding hydrogens is 176 g/mol. The van der Waals surface area contributed by atoms with Gasteiger partial charge in [-0.05, 0) is 31.2 Å². The van der Waals surface area contributed by atoms with E-state index in [1.807, 2.05) is 0 Å². The SMILES string of the molecule is CCC(C)CNC(=O)CNCC1CC1. The van der Waals surface area contributed by atoms with Crippen molar-refractivity contribution in [3.05, 3.63) is 0 Å². The van der Waals surface area contributed by atoms with Gasteiger partial charge >= 0.3 is 0 Å². The Morgan fingerprint density at radius 3 is 2.79 bits per heavy atom. The second kappa shape index (κ2) is 6.02. The molecule has 0 spiro atoms. The lowest BCUT2D eigenvalue weighted by atomic mass is 10.1. The molecule has 1 fully saturated rings. The number of carbonyl (C=O) groups excluding carboxylic acids is 1. The summed E-state index contributed by atoms with van der Waals surface area (Å²) >= 11 is 0. The summed E-state index contributed by atoms with van der Waals surface area (Å²) in [6, 6.07) is 0. The van der Waals surface area contributed by atoms with Crippen LogP contribution in [0, 0.1) is 11.8 Å². The predicted molar refractivity (Wildman–Crippen MR) is 58.1 cm³/mol. The van der Waals surface area contributed by atoms with E-state index in [9.17, 15) is 4.79 Å². The monoisotopic (exact) mass is 198 g/mol. The largest absolute Gasteiger partial charge is 0.355 e. The molecule has 0 aliphatic heterocycles. The van der Waals surface area contributed by atoms with Crippen LogP contribution >= 0.6 is 0 Å². The summed E-state index contributed by atoms with van der Waals surface area (Å²) in [4.78, 5) is 11.3. The molecule has 1 aliphatic carbocycles. The van der Waals surface area contributed by atoms with Crippen LogP contribution in [-0.4, -0.2) is 25.5 Å². The van der Waals surface area contributed by atoms with Crippen LogP contribution in [0.25, 0.3) is 0 Å². The molecule has 0 aromatic rings. The Morgan fingerprint density at radius 2 is 2.21 bits per heavy atom.